The average Bonchev–Trinajstić information content (AvgIpc) is 3.28. The zero-order valence-corrected chi connectivity index (χ0v) is 14.1. The molecule has 138 valence electrons. The molecule has 0 aliphatic rings. The van der Waals surface area contributed by atoms with Crippen LogP contribution >= 0.6 is 0 Å². The zero-order chi connectivity index (χ0) is 18.8. The topological polar surface area (TPSA) is 109 Å². The molecule has 0 radical (unpaired) electrons. The number of aliphatic hydroxyl groups is 2. The summed E-state index contributed by atoms with van der Waals surface area (Å²) in [4.78, 5) is 13.1. The summed E-state index contributed by atoms with van der Waals surface area (Å²) in [6.07, 6.45) is 4.78. The monoisotopic (exact) mass is 369 g/mol. The van der Waals surface area contributed by atoms with Crippen molar-refractivity contribution in [2.45, 2.75) is 6.04 Å². The Kier molecular flexibility index (Phi) is 4.53. The van der Waals surface area contributed by atoms with Gasteiger partial charge in [0.15, 0.2) is 0 Å². The Labute approximate surface area is 153 Å². The van der Waals surface area contributed by atoms with Crippen LogP contribution in [0.5, 0.6) is 0 Å². The third kappa shape index (κ3) is 3.25. The van der Waals surface area contributed by atoms with Gasteiger partial charge in [0.25, 0.3) is 0 Å². The van der Waals surface area contributed by atoms with Crippen LogP contribution in [0.3, 0.4) is 0 Å². The van der Waals surface area contributed by atoms with Gasteiger partial charge >= 0.3 is 5.84 Å². The fraction of sp³-hybridized carbons (Fsp3) is 0.167. The maximum absolute atomic E-state index is 13.3. The molecule has 0 aliphatic heterocycles. The van der Waals surface area contributed by atoms with Crippen molar-refractivity contribution in [2.24, 2.45) is 0 Å². The molecule has 0 saturated carbocycles. The van der Waals surface area contributed by atoms with Crippen LogP contribution in [-0.2, 0) is 0 Å². The number of aliphatic hydroxyl groups excluding tert-OH is 2. The highest BCUT2D eigenvalue weighted by atomic mass is 19.1. The summed E-state index contributed by atoms with van der Waals surface area (Å²) >= 11 is 0. The highest BCUT2D eigenvalue weighted by molar-refractivity contribution is 5.79. The van der Waals surface area contributed by atoms with Gasteiger partial charge in [0.05, 0.1) is 24.9 Å². The van der Waals surface area contributed by atoms with Gasteiger partial charge < -0.3 is 19.9 Å². The van der Waals surface area contributed by atoms with Gasteiger partial charge in [-0.3, -0.25) is 4.40 Å². The van der Waals surface area contributed by atoms with Crippen LogP contribution in [0.4, 0.5) is 10.3 Å². The molecule has 0 saturated heterocycles. The van der Waals surface area contributed by atoms with Gasteiger partial charge in [-0.25, -0.2) is 14.4 Å². The quantitative estimate of drug-likeness (QED) is 0.477. The normalized spacial score (nSPS) is 11.4. The van der Waals surface area contributed by atoms with Crippen LogP contribution in [0.1, 0.15) is 0 Å². The van der Waals surface area contributed by atoms with E-state index in [-0.39, 0.29) is 25.0 Å². The van der Waals surface area contributed by atoms with Gasteiger partial charge in [0.1, 0.15) is 23.5 Å². The third-order valence-corrected chi connectivity index (χ3v) is 4.05. The SMILES string of the molecule is OCC(CO)Nc1nccc(-c2c(-c3ccc(F)cc3)nc3occn23)n1. The molecule has 0 unspecified atom stereocenters. The lowest BCUT2D eigenvalue weighted by molar-refractivity contribution is 0.203. The fourth-order valence-corrected chi connectivity index (χ4v) is 2.73. The van der Waals surface area contributed by atoms with E-state index in [4.69, 9.17) is 4.42 Å². The number of nitrogens with zero attached hydrogens (tertiary/aromatic N) is 4. The highest BCUT2D eigenvalue weighted by Crippen LogP contribution is 2.32. The number of benzene rings is 1. The van der Waals surface area contributed by atoms with E-state index in [0.29, 0.717) is 28.5 Å². The van der Waals surface area contributed by atoms with E-state index in [2.05, 4.69) is 20.3 Å². The highest BCUT2D eigenvalue weighted by Gasteiger charge is 2.19. The standard InChI is InChI=1S/C18H16FN5O3/c19-12-3-1-11(2-4-12)15-16(24-7-8-27-18(24)23-15)14-5-6-20-17(22-14)21-13(9-25)10-26/h1-8,13,25-26H,9-10H2,(H,20,21,22). The molecule has 27 heavy (non-hydrogen) atoms. The zero-order valence-electron chi connectivity index (χ0n) is 14.1. The van der Waals surface area contributed by atoms with Crippen molar-refractivity contribution in [2.75, 3.05) is 18.5 Å². The summed E-state index contributed by atoms with van der Waals surface area (Å²) in [5.41, 5.74) is 2.50. The Morgan fingerprint density at radius 1 is 1.11 bits per heavy atom. The van der Waals surface area contributed by atoms with Crippen LogP contribution in [0.2, 0.25) is 0 Å². The lowest BCUT2D eigenvalue weighted by atomic mass is 10.1. The second-order valence-electron chi connectivity index (χ2n) is 5.84. The molecular weight excluding hydrogens is 353 g/mol. The second-order valence-corrected chi connectivity index (χ2v) is 5.84. The molecule has 3 N–H and O–H groups in total. The number of imidazole rings is 1. The molecule has 8 nitrogen and oxygen atoms in total. The van der Waals surface area contributed by atoms with Crippen LogP contribution in [0.15, 0.2) is 53.4 Å². The maximum Gasteiger partial charge on any atom is 0.306 e. The van der Waals surface area contributed by atoms with Gasteiger partial charge in [-0.2, -0.15) is 4.98 Å². The number of rotatable bonds is 6. The number of aromatic nitrogens is 4. The van der Waals surface area contributed by atoms with Gasteiger partial charge in [0.2, 0.25) is 5.95 Å². The predicted octanol–water partition coefficient (Wildman–Crippen LogP) is 1.96. The Morgan fingerprint density at radius 2 is 1.89 bits per heavy atom. The van der Waals surface area contributed by atoms with E-state index in [1.807, 2.05) is 0 Å². The average molecular weight is 369 g/mol. The maximum atomic E-state index is 13.3. The minimum Gasteiger partial charge on any atom is -0.432 e. The van der Waals surface area contributed by atoms with Crippen molar-refractivity contribution < 1.29 is 19.0 Å². The first-order valence-corrected chi connectivity index (χ1v) is 8.22. The Hall–Kier alpha value is -3.30. The van der Waals surface area contributed by atoms with Crippen LogP contribution in [0.25, 0.3) is 28.5 Å². The third-order valence-electron chi connectivity index (χ3n) is 4.05. The minimum atomic E-state index is -0.573. The largest absolute Gasteiger partial charge is 0.432 e. The Morgan fingerprint density at radius 3 is 2.63 bits per heavy atom. The first-order chi connectivity index (χ1) is 13.2. The van der Waals surface area contributed by atoms with E-state index in [1.54, 1.807) is 35.0 Å². The van der Waals surface area contributed by atoms with E-state index in [1.165, 1.54) is 18.4 Å². The molecule has 4 aromatic rings. The Bertz CT molecular complexity index is 1060. The van der Waals surface area contributed by atoms with Crippen molar-refractivity contribution in [3.63, 3.8) is 0 Å². The van der Waals surface area contributed by atoms with Gasteiger partial charge in [-0.05, 0) is 30.3 Å². The summed E-state index contributed by atoms with van der Waals surface area (Å²) in [5, 5.41) is 21.3. The second kappa shape index (κ2) is 7.14. The van der Waals surface area contributed by atoms with Crippen molar-refractivity contribution in [3.8, 4) is 22.6 Å². The van der Waals surface area contributed by atoms with Crippen molar-refractivity contribution in [1.29, 1.82) is 0 Å². The van der Waals surface area contributed by atoms with Gasteiger partial charge in [-0.1, -0.05) is 0 Å². The van der Waals surface area contributed by atoms with E-state index >= 15 is 0 Å². The number of anilines is 1. The van der Waals surface area contributed by atoms with E-state index in [9.17, 15) is 14.6 Å². The molecule has 4 rings (SSSR count). The predicted molar refractivity (Wildman–Crippen MR) is 95.5 cm³/mol. The molecule has 0 bridgehead atoms. The fourth-order valence-electron chi connectivity index (χ4n) is 2.73. The number of fused-ring (bicyclic) bond motifs is 1. The molecule has 3 heterocycles. The number of hydrogen-bond acceptors (Lipinski definition) is 7. The summed E-state index contributed by atoms with van der Waals surface area (Å²) < 4.78 is 20.4. The molecule has 0 amide bonds. The lowest BCUT2D eigenvalue weighted by Crippen LogP contribution is -2.28. The molecule has 0 fully saturated rings. The Balaban J connectivity index is 1.82. The molecule has 1 aromatic carbocycles. The summed E-state index contributed by atoms with van der Waals surface area (Å²) in [6, 6.07) is 7.13. The summed E-state index contributed by atoms with van der Waals surface area (Å²) in [5.74, 6) is 0.293. The van der Waals surface area contributed by atoms with Crippen molar-refractivity contribution >= 4 is 11.8 Å². The first kappa shape index (κ1) is 17.1. The molecule has 0 spiro atoms. The molecule has 0 atom stereocenters. The van der Waals surface area contributed by atoms with Crippen molar-refractivity contribution in [1.82, 2.24) is 19.4 Å². The number of halogens is 1. The minimum absolute atomic E-state index is 0.254. The smallest absolute Gasteiger partial charge is 0.306 e. The molecule has 9 heteroatoms. The van der Waals surface area contributed by atoms with Crippen LogP contribution in [-0.4, -0.2) is 48.8 Å². The number of hydrogen-bond donors (Lipinski definition) is 3. The van der Waals surface area contributed by atoms with Crippen molar-refractivity contribution in [3.05, 3.63) is 54.8 Å². The van der Waals surface area contributed by atoms with Gasteiger partial charge in [0, 0.05) is 18.0 Å². The summed E-state index contributed by atoms with van der Waals surface area (Å²) in [6.45, 7) is -0.521. The lowest BCUT2D eigenvalue weighted by Gasteiger charge is -2.13. The van der Waals surface area contributed by atoms with Gasteiger partial charge in [-0.15, -0.1) is 0 Å². The molecule has 3 aromatic heterocycles. The molecular formula is C18H16FN5O3. The van der Waals surface area contributed by atoms with E-state index in [0.717, 1.165) is 0 Å². The first-order valence-electron chi connectivity index (χ1n) is 8.22. The van der Waals surface area contributed by atoms with Crippen LogP contribution in [0, 0.1) is 5.82 Å². The molecule has 0 aliphatic carbocycles. The summed E-state index contributed by atoms with van der Waals surface area (Å²) in [7, 11) is 0. The number of nitrogens with one attached hydrogen (secondary N) is 1. The van der Waals surface area contributed by atoms with Crippen LogP contribution < -0.4 is 5.32 Å². The van der Waals surface area contributed by atoms with E-state index < -0.39 is 6.04 Å². The number of oxazole rings is 1.